The van der Waals surface area contributed by atoms with E-state index in [-0.39, 0.29) is 4.90 Å². The molecule has 0 bridgehead atoms. The van der Waals surface area contributed by atoms with Crippen LogP contribution in [0, 0.1) is 0 Å². The first-order valence-electron chi connectivity index (χ1n) is 5.45. The zero-order valence-corrected chi connectivity index (χ0v) is 12.7. The largest absolute Gasteiger partial charge is 0.496 e. The smallest absolute Gasteiger partial charge is 0.240 e. The average molecular weight is 334 g/mol. The summed E-state index contributed by atoms with van der Waals surface area (Å²) < 4.78 is 32.1. The normalized spacial score (nSPS) is 11.9. The van der Waals surface area contributed by atoms with Crippen LogP contribution >= 0.6 is 15.9 Å². The van der Waals surface area contributed by atoms with Crippen molar-refractivity contribution in [3.63, 3.8) is 0 Å². The molecule has 0 aromatic heterocycles. The van der Waals surface area contributed by atoms with Crippen molar-refractivity contribution < 1.29 is 13.2 Å². The topological polar surface area (TPSA) is 55.4 Å². The molecule has 18 heavy (non-hydrogen) atoms. The van der Waals surface area contributed by atoms with Crippen LogP contribution in [0.1, 0.15) is 13.3 Å². The lowest BCUT2D eigenvalue weighted by molar-refractivity contribution is 0.411. The van der Waals surface area contributed by atoms with E-state index in [9.17, 15) is 8.42 Å². The van der Waals surface area contributed by atoms with E-state index in [4.69, 9.17) is 4.74 Å². The Morgan fingerprint density at radius 3 is 2.72 bits per heavy atom. The van der Waals surface area contributed by atoms with Gasteiger partial charge in [0.1, 0.15) is 5.75 Å². The lowest BCUT2D eigenvalue weighted by Crippen LogP contribution is -2.24. The fourth-order valence-electron chi connectivity index (χ4n) is 1.34. The molecule has 0 aliphatic heterocycles. The standard InChI is InChI=1S/C12H16BrNO3S/c1-3-4-5-8-14-18(15,16)10-6-7-12(17-2)11(13)9-10/h3-4,6-7,9,14H,5,8H2,1-2H3/b4-3+. The van der Waals surface area contributed by atoms with Crippen LogP contribution in [0.2, 0.25) is 0 Å². The number of ether oxygens (including phenoxy) is 1. The van der Waals surface area contributed by atoms with Crippen molar-refractivity contribution in [1.82, 2.24) is 4.72 Å². The second-order valence-corrected chi connectivity index (χ2v) is 6.17. The van der Waals surface area contributed by atoms with Crippen LogP contribution in [0.15, 0.2) is 39.7 Å². The second kappa shape index (κ2) is 6.92. The highest BCUT2D eigenvalue weighted by Gasteiger charge is 2.14. The van der Waals surface area contributed by atoms with Gasteiger partial charge in [0.25, 0.3) is 0 Å². The third kappa shape index (κ3) is 4.12. The summed E-state index contributed by atoms with van der Waals surface area (Å²) in [4.78, 5) is 0.218. The molecular weight excluding hydrogens is 318 g/mol. The van der Waals surface area contributed by atoms with Crippen LogP contribution in [-0.4, -0.2) is 22.1 Å². The molecule has 100 valence electrons. The third-order valence-electron chi connectivity index (χ3n) is 2.27. The number of rotatable bonds is 6. The van der Waals surface area contributed by atoms with E-state index in [1.54, 1.807) is 6.07 Å². The number of nitrogens with one attached hydrogen (secondary N) is 1. The highest BCUT2D eigenvalue weighted by Crippen LogP contribution is 2.27. The molecule has 1 aromatic carbocycles. The summed E-state index contributed by atoms with van der Waals surface area (Å²) in [6, 6.07) is 4.66. The van der Waals surface area contributed by atoms with Crippen LogP contribution in [0.3, 0.4) is 0 Å². The van der Waals surface area contributed by atoms with Crippen LogP contribution in [-0.2, 0) is 10.0 Å². The monoisotopic (exact) mass is 333 g/mol. The molecule has 4 nitrogen and oxygen atoms in total. The number of hydrogen-bond donors (Lipinski definition) is 1. The van der Waals surface area contributed by atoms with Gasteiger partial charge in [-0.2, -0.15) is 0 Å². The molecule has 0 fully saturated rings. The molecule has 0 spiro atoms. The number of methoxy groups -OCH3 is 1. The lowest BCUT2D eigenvalue weighted by atomic mass is 10.3. The summed E-state index contributed by atoms with van der Waals surface area (Å²) >= 11 is 3.26. The molecule has 1 rings (SSSR count). The van der Waals surface area contributed by atoms with Crippen molar-refractivity contribution in [2.75, 3.05) is 13.7 Å². The summed E-state index contributed by atoms with van der Waals surface area (Å²) in [6.07, 6.45) is 4.47. The number of benzene rings is 1. The number of sulfonamides is 1. The fourth-order valence-corrected chi connectivity index (χ4v) is 3.11. The number of halogens is 1. The van der Waals surface area contributed by atoms with Crippen molar-refractivity contribution in [2.45, 2.75) is 18.2 Å². The Morgan fingerprint density at radius 1 is 1.44 bits per heavy atom. The van der Waals surface area contributed by atoms with Gasteiger partial charge in [0.05, 0.1) is 16.5 Å². The van der Waals surface area contributed by atoms with Crippen LogP contribution in [0.5, 0.6) is 5.75 Å². The third-order valence-corrected chi connectivity index (χ3v) is 4.35. The Bertz CT molecular complexity index is 526. The minimum atomic E-state index is -3.46. The summed E-state index contributed by atoms with van der Waals surface area (Å²) in [6.45, 7) is 2.28. The average Bonchev–Trinajstić information content (AvgIpc) is 2.34. The van der Waals surface area contributed by atoms with E-state index in [2.05, 4.69) is 20.7 Å². The van der Waals surface area contributed by atoms with Crippen LogP contribution in [0.4, 0.5) is 0 Å². The van der Waals surface area contributed by atoms with E-state index in [1.807, 2.05) is 19.1 Å². The molecule has 0 amide bonds. The van der Waals surface area contributed by atoms with Crippen molar-refractivity contribution in [3.05, 3.63) is 34.8 Å². The Hall–Kier alpha value is -0.850. The quantitative estimate of drug-likeness (QED) is 0.643. The Labute approximate surface area is 116 Å². The number of hydrogen-bond acceptors (Lipinski definition) is 3. The predicted octanol–water partition coefficient (Wildman–Crippen LogP) is 2.70. The van der Waals surface area contributed by atoms with Gasteiger partial charge in [-0.3, -0.25) is 0 Å². The summed E-state index contributed by atoms with van der Waals surface area (Å²) in [5, 5.41) is 0. The SMILES string of the molecule is C/C=C/CCNS(=O)(=O)c1ccc(OC)c(Br)c1. The van der Waals surface area contributed by atoms with Gasteiger partial charge in [0.2, 0.25) is 10.0 Å². The fraction of sp³-hybridized carbons (Fsp3) is 0.333. The van der Waals surface area contributed by atoms with E-state index >= 15 is 0 Å². The predicted molar refractivity (Wildman–Crippen MR) is 75.3 cm³/mol. The maximum Gasteiger partial charge on any atom is 0.240 e. The molecular formula is C12H16BrNO3S. The van der Waals surface area contributed by atoms with Gasteiger partial charge in [-0.15, -0.1) is 0 Å². The van der Waals surface area contributed by atoms with Gasteiger partial charge < -0.3 is 4.74 Å². The molecule has 1 aromatic rings. The Morgan fingerprint density at radius 2 is 2.17 bits per heavy atom. The molecule has 0 saturated carbocycles. The molecule has 0 atom stereocenters. The van der Waals surface area contributed by atoms with Gasteiger partial charge in [-0.1, -0.05) is 12.2 Å². The van der Waals surface area contributed by atoms with E-state index in [0.717, 1.165) is 0 Å². The first kappa shape index (κ1) is 15.2. The highest BCUT2D eigenvalue weighted by molar-refractivity contribution is 9.10. The van der Waals surface area contributed by atoms with E-state index in [1.165, 1.54) is 19.2 Å². The molecule has 0 saturated heterocycles. The minimum absolute atomic E-state index is 0.218. The van der Waals surface area contributed by atoms with Gasteiger partial charge >= 0.3 is 0 Å². The lowest BCUT2D eigenvalue weighted by Gasteiger charge is -2.08. The van der Waals surface area contributed by atoms with Crippen molar-refractivity contribution in [2.24, 2.45) is 0 Å². The van der Waals surface area contributed by atoms with Gasteiger partial charge in [-0.05, 0) is 47.5 Å². The van der Waals surface area contributed by atoms with Gasteiger partial charge in [-0.25, -0.2) is 13.1 Å². The summed E-state index contributed by atoms with van der Waals surface area (Å²) in [7, 11) is -1.93. The van der Waals surface area contributed by atoms with E-state index < -0.39 is 10.0 Å². The maximum absolute atomic E-state index is 12.0. The zero-order chi connectivity index (χ0) is 13.6. The second-order valence-electron chi connectivity index (χ2n) is 3.55. The van der Waals surface area contributed by atoms with Crippen molar-refractivity contribution in [3.8, 4) is 5.75 Å². The molecule has 0 unspecified atom stereocenters. The zero-order valence-electron chi connectivity index (χ0n) is 10.3. The first-order chi connectivity index (χ1) is 8.51. The molecule has 0 heterocycles. The van der Waals surface area contributed by atoms with Crippen molar-refractivity contribution in [1.29, 1.82) is 0 Å². The Balaban J connectivity index is 2.82. The highest BCUT2D eigenvalue weighted by atomic mass is 79.9. The first-order valence-corrected chi connectivity index (χ1v) is 7.73. The molecule has 6 heteroatoms. The summed E-state index contributed by atoms with van der Waals surface area (Å²) in [5.74, 6) is 0.600. The Kier molecular flexibility index (Phi) is 5.84. The minimum Gasteiger partial charge on any atom is -0.496 e. The van der Waals surface area contributed by atoms with E-state index in [0.29, 0.717) is 23.2 Å². The van der Waals surface area contributed by atoms with Gasteiger partial charge in [0, 0.05) is 6.54 Å². The van der Waals surface area contributed by atoms with Crippen molar-refractivity contribution >= 4 is 26.0 Å². The van der Waals surface area contributed by atoms with Gasteiger partial charge in [0.15, 0.2) is 0 Å². The molecule has 0 aliphatic carbocycles. The van der Waals surface area contributed by atoms with Crippen LogP contribution < -0.4 is 9.46 Å². The molecule has 1 N–H and O–H groups in total. The van der Waals surface area contributed by atoms with Crippen LogP contribution in [0.25, 0.3) is 0 Å². The molecule has 0 aliphatic rings. The summed E-state index contributed by atoms with van der Waals surface area (Å²) in [5.41, 5.74) is 0. The molecule has 0 radical (unpaired) electrons. The number of allylic oxidation sites excluding steroid dienone is 1. The maximum atomic E-state index is 12.0.